The fourth-order valence-electron chi connectivity index (χ4n) is 2.31. The van der Waals surface area contributed by atoms with Crippen molar-refractivity contribution in [3.63, 3.8) is 0 Å². The second kappa shape index (κ2) is 6.89. The molecule has 1 rings (SSSR count). The van der Waals surface area contributed by atoms with Crippen LogP contribution in [0.1, 0.15) is 46.5 Å². The number of carboxylic acid groups (broad SMARTS) is 1. The summed E-state index contributed by atoms with van der Waals surface area (Å²) in [6.07, 6.45) is 2.88. The van der Waals surface area contributed by atoms with Crippen molar-refractivity contribution in [2.24, 2.45) is 5.92 Å². The normalized spacial score (nSPS) is 20.4. The van der Waals surface area contributed by atoms with Gasteiger partial charge in [0.2, 0.25) is 5.91 Å². The van der Waals surface area contributed by atoms with Gasteiger partial charge in [-0.2, -0.15) is 0 Å². The minimum atomic E-state index is -0.752. The molecule has 19 heavy (non-hydrogen) atoms. The first kappa shape index (κ1) is 16.0. The highest BCUT2D eigenvalue weighted by atomic mass is 16.4. The Hall–Kier alpha value is -1.10. The molecule has 1 saturated heterocycles. The van der Waals surface area contributed by atoms with Gasteiger partial charge in [-0.25, -0.2) is 0 Å². The molecule has 1 aliphatic heterocycles. The molecule has 0 radical (unpaired) electrons. The van der Waals surface area contributed by atoms with Crippen molar-refractivity contribution in [2.75, 3.05) is 19.6 Å². The summed E-state index contributed by atoms with van der Waals surface area (Å²) in [5.41, 5.74) is -0.0614. The van der Waals surface area contributed by atoms with E-state index < -0.39 is 5.97 Å². The van der Waals surface area contributed by atoms with Crippen molar-refractivity contribution in [3.8, 4) is 0 Å². The third-order valence-electron chi connectivity index (χ3n) is 3.41. The number of nitrogens with one attached hydrogen (secondary N) is 1. The fourth-order valence-corrected chi connectivity index (χ4v) is 2.31. The van der Waals surface area contributed by atoms with Crippen molar-refractivity contribution in [1.82, 2.24) is 10.2 Å². The van der Waals surface area contributed by atoms with E-state index in [0.29, 0.717) is 25.4 Å². The number of likely N-dealkylation sites (tertiary alicyclic amines) is 1. The number of rotatable bonds is 5. The maximum atomic E-state index is 12.1. The maximum absolute atomic E-state index is 12.1. The number of carboxylic acids is 1. The van der Waals surface area contributed by atoms with E-state index in [1.807, 2.05) is 25.7 Å². The van der Waals surface area contributed by atoms with E-state index in [1.54, 1.807) is 0 Å². The first-order valence-corrected chi connectivity index (χ1v) is 7.02. The number of amides is 1. The first-order chi connectivity index (χ1) is 8.78. The molecule has 0 aliphatic carbocycles. The molecule has 0 spiro atoms. The highest BCUT2D eigenvalue weighted by Gasteiger charge is 2.24. The summed E-state index contributed by atoms with van der Waals surface area (Å²) in [4.78, 5) is 24.5. The summed E-state index contributed by atoms with van der Waals surface area (Å²) < 4.78 is 0. The van der Waals surface area contributed by atoms with Crippen LogP contribution in [-0.4, -0.2) is 47.1 Å². The lowest BCUT2D eigenvalue weighted by Crippen LogP contribution is -2.47. The van der Waals surface area contributed by atoms with Gasteiger partial charge in [-0.3, -0.25) is 9.59 Å². The highest BCUT2D eigenvalue weighted by Crippen LogP contribution is 2.21. The zero-order valence-electron chi connectivity index (χ0n) is 12.2. The van der Waals surface area contributed by atoms with Gasteiger partial charge in [-0.15, -0.1) is 0 Å². The Kier molecular flexibility index (Phi) is 5.79. The van der Waals surface area contributed by atoms with Gasteiger partial charge >= 0.3 is 5.97 Å². The lowest BCUT2D eigenvalue weighted by Gasteiger charge is -2.33. The van der Waals surface area contributed by atoms with Crippen LogP contribution >= 0.6 is 0 Å². The summed E-state index contributed by atoms with van der Waals surface area (Å²) >= 11 is 0. The molecular formula is C14H26N2O3. The number of carbonyl (C=O) groups is 2. The van der Waals surface area contributed by atoms with Crippen LogP contribution in [-0.2, 0) is 9.59 Å². The minimum absolute atomic E-state index is 0.0614. The van der Waals surface area contributed by atoms with Crippen LogP contribution < -0.4 is 5.32 Å². The van der Waals surface area contributed by atoms with E-state index in [4.69, 9.17) is 5.11 Å². The third kappa shape index (κ3) is 6.57. The van der Waals surface area contributed by atoms with Crippen molar-refractivity contribution >= 4 is 11.9 Å². The zero-order chi connectivity index (χ0) is 14.5. The summed E-state index contributed by atoms with van der Waals surface area (Å²) in [5.74, 6) is -0.295. The molecule has 1 unspecified atom stereocenters. The van der Waals surface area contributed by atoms with Gasteiger partial charge in [-0.1, -0.05) is 0 Å². The first-order valence-electron chi connectivity index (χ1n) is 7.02. The molecule has 0 saturated carbocycles. The zero-order valence-corrected chi connectivity index (χ0v) is 12.2. The Balaban J connectivity index is 2.37. The molecule has 1 fully saturated rings. The molecule has 5 nitrogen and oxygen atoms in total. The van der Waals surface area contributed by atoms with Crippen molar-refractivity contribution in [3.05, 3.63) is 0 Å². The highest BCUT2D eigenvalue weighted by molar-refractivity contribution is 5.78. The lowest BCUT2D eigenvalue weighted by molar-refractivity contribution is -0.137. The van der Waals surface area contributed by atoms with Crippen LogP contribution in [0.15, 0.2) is 0 Å². The summed E-state index contributed by atoms with van der Waals surface area (Å²) in [6.45, 7) is 7.96. The smallest absolute Gasteiger partial charge is 0.303 e. The van der Waals surface area contributed by atoms with Gasteiger partial charge in [0, 0.05) is 25.0 Å². The number of hydrogen-bond donors (Lipinski definition) is 2. The predicted molar refractivity (Wildman–Crippen MR) is 73.9 cm³/mol. The monoisotopic (exact) mass is 270 g/mol. The largest absolute Gasteiger partial charge is 0.481 e. The van der Waals surface area contributed by atoms with Gasteiger partial charge in [0.25, 0.3) is 0 Å². The van der Waals surface area contributed by atoms with Gasteiger partial charge in [-0.05, 0) is 46.0 Å². The molecular weight excluding hydrogens is 244 g/mol. The van der Waals surface area contributed by atoms with E-state index in [9.17, 15) is 9.59 Å². The number of piperidine rings is 1. The predicted octanol–water partition coefficient (Wildman–Crippen LogP) is 1.48. The second-order valence-electron chi connectivity index (χ2n) is 6.38. The molecule has 2 N–H and O–H groups in total. The molecule has 0 aromatic carbocycles. The summed E-state index contributed by atoms with van der Waals surface area (Å²) in [5, 5.41) is 11.9. The van der Waals surface area contributed by atoms with Crippen LogP contribution in [0, 0.1) is 5.92 Å². The Bertz CT molecular complexity index is 323. The minimum Gasteiger partial charge on any atom is -0.481 e. The molecule has 0 bridgehead atoms. The summed E-state index contributed by atoms with van der Waals surface area (Å²) in [6, 6.07) is 0. The second-order valence-corrected chi connectivity index (χ2v) is 6.38. The van der Waals surface area contributed by atoms with Crippen LogP contribution in [0.4, 0.5) is 0 Å². The molecule has 0 aromatic rings. The molecule has 5 heteroatoms. The van der Waals surface area contributed by atoms with Gasteiger partial charge in [0.1, 0.15) is 0 Å². The van der Waals surface area contributed by atoms with Crippen molar-refractivity contribution < 1.29 is 14.7 Å². The van der Waals surface area contributed by atoms with E-state index in [1.165, 1.54) is 0 Å². The Morgan fingerprint density at radius 3 is 2.63 bits per heavy atom. The number of carbonyl (C=O) groups excluding carboxylic acids is 1. The molecule has 1 atom stereocenters. The molecule has 1 aliphatic rings. The van der Waals surface area contributed by atoms with Crippen LogP contribution in [0.25, 0.3) is 0 Å². The van der Waals surface area contributed by atoms with Gasteiger partial charge in [0.15, 0.2) is 0 Å². The van der Waals surface area contributed by atoms with Crippen LogP contribution in [0.3, 0.4) is 0 Å². The van der Waals surface area contributed by atoms with Gasteiger partial charge in [0.05, 0.1) is 6.54 Å². The van der Waals surface area contributed by atoms with E-state index in [0.717, 1.165) is 19.4 Å². The fraction of sp³-hybridized carbons (Fsp3) is 0.857. The molecule has 110 valence electrons. The Morgan fingerprint density at radius 2 is 2.05 bits per heavy atom. The third-order valence-corrected chi connectivity index (χ3v) is 3.41. The Labute approximate surface area is 115 Å². The SMILES string of the molecule is CC(C)(C)NCC(=O)N1CCCC(CCC(=O)O)C1. The van der Waals surface area contributed by atoms with Crippen LogP contribution in [0.2, 0.25) is 0 Å². The summed E-state index contributed by atoms with van der Waals surface area (Å²) in [7, 11) is 0. The number of hydrogen-bond acceptors (Lipinski definition) is 3. The lowest BCUT2D eigenvalue weighted by atomic mass is 9.93. The van der Waals surface area contributed by atoms with E-state index in [-0.39, 0.29) is 17.9 Å². The maximum Gasteiger partial charge on any atom is 0.303 e. The van der Waals surface area contributed by atoms with Gasteiger partial charge < -0.3 is 15.3 Å². The van der Waals surface area contributed by atoms with E-state index >= 15 is 0 Å². The number of nitrogens with zero attached hydrogens (tertiary/aromatic N) is 1. The topological polar surface area (TPSA) is 69.6 Å². The van der Waals surface area contributed by atoms with E-state index in [2.05, 4.69) is 5.32 Å². The molecule has 1 amide bonds. The average Bonchev–Trinajstić information content (AvgIpc) is 2.33. The van der Waals surface area contributed by atoms with Crippen molar-refractivity contribution in [2.45, 2.75) is 52.0 Å². The number of aliphatic carboxylic acids is 1. The average molecular weight is 270 g/mol. The Morgan fingerprint density at radius 1 is 1.37 bits per heavy atom. The van der Waals surface area contributed by atoms with Crippen LogP contribution in [0.5, 0.6) is 0 Å². The standard InChI is InChI=1S/C14H26N2O3/c1-14(2,3)15-9-12(17)16-8-4-5-11(10-16)6-7-13(18)19/h11,15H,4-10H2,1-3H3,(H,18,19). The quantitative estimate of drug-likeness (QED) is 0.794. The van der Waals surface area contributed by atoms with Crippen molar-refractivity contribution in [1.29, 1.82) is 0 Å². The molecule has 0 aromatic heterocycles. The molecule has 1 heterocycles.